The third kappa shape index (κ3) is 3.01. The van der Waals surface area contributed by atoms with Crippen molar-refractivity contribution in [3.8, 4) is 11.6 Å². The molecule has 4 aromatic heterocycles. The Bertz CT molecular complexity index is 867. The van der Waals surface area contributed by atoms with Crippen molar-refractivity contribution in [3.63, 3.8) is 0 Å². The molecule has 23 heavy (non-hydrogen) atoms. The smallest absolute Gasteiger partial charge is 0.238 e. The summed E-state index contributed by atoms with van der Waals surface area (Å²) < 4.78 is 17.4. The Morgan fingerprint density at radius 2 is 2.04 bits per heavy atom. The summed E-state index contributed by atoms with van der Waals surface area (Å²) in [7, 11) is 0. The maximum atomic E-state index is 5.29. The highest BCUT2D eigenvalue weighted by Gasteiger charge is 2.14. The predicted molar refractivity (Wildman–Crippen MR) is 77.2 cm³/mol. The van der Waals surface area contributed by atoms with Gasteiger partial charge in [0.15, 0.2) is 5.76 Å². The average molecular weight is 330 g/mol. The van der Waals surface area contributed by atoms with Crippen LogP contribution in [0, 0.1) is 0 Å². The minimum atomic E-state index is 0.417. The van der Waals surface area contributed by atoms with Crippen molar-refractivity contribution in [3.05, 3.63) is 48.4 Å². The molecule has 4 rings (SSSR count). The largest absolute Gasteiger partial charge is 0.467 e. The van der Waals surface area contributed by atoms with Crippen molar-refractivity contribution in [2.75, 3.05) is 0 Å². The van der Waals surface area contributed by atoms with Crippen molar-refractivity contribution in [2.24, 2.45) is 0 Å². The van der Waals surface area contributed by atoms with E-state index in [9.17, 15) is 0 Å². The van der Waals surface area contributed by atoms with Crippen molar-refractivity contribution in [1.29, 1.82) is 0 Å². The highest BCUT2D eigenvalue weighted by molar-refractivity contribution is 7.98. The van der Waals surface area contributed by atoms with Gasteiger partial charge >= 0.3 is 0 Å². The average Bonchev–Trinajstić information content (AvgIpc) is 3.34. The van der Waals surface area contributed by atoms with E-state index in [1.165, 1.54) is 11.8 Å². The number of aromatic nitrogens is 6. The number of rotatable bonds is 6. The summed E-state index contributed by atoms with van der Waals surface area (Å²) in [4.78, 5) is 4.27. The van der Waals surface area contributed by atoms with Crippen molar-refractivity contribution in [1.82, 2.24) is 30.3 Å². The molecule has 116 valence electrons. The zero-order chi connectivity index (χ0) is 15.5. The fourth-order valence-electron chi connectivity index (χ4n) is 1.89. The maximum Gasteiger partial charge on any atom is 0.238 e. The number of thioether (sulfide) groups is 1. The van der Waals surface area contributed by atoms with Crippen LogP contribution in [-0.4, -0.2) is 30.3 Å². The van der Waals surface area contributed by atoms with Gasteiger partial charge in [0.25, 0.3) is 0 Å². The fourth-order valence-corrected chi connectivity index (χ4v) is 2.61. The summed E-state index contributed by atoms with van der Waals surface area (Å²) >= 11 is 1.40. The Morgan fingerprint density at radius 1 is 1.13 bits per heavy atom. The molecule has 0 bridgehead atoms. The van der Waals surface area contributed by atoms with Gasteiger partial charge in [-0.3, -0.25) is 0 Å². The lowest BCUT2D eigenvalue weighted by molar-refractivity contribution is 0.390. The van der Waals surface area contributed by atoms with E-state index < -0.39 is 0 Å². The summed E-state index contributed by atoms with van der Waals surface area (Å²) in [5, 5.41) is 16.1. The second-order valence-corrected chi connectivity index (χ2v) is 5.42. The minimum Gasteiger partial charge on any atom is -0.467 e. The number of furan rings is 2. The number of tetrazole rings is 1. The van der Waals surface area contributed by atoms with Gasteiger partial charge in [-0.05, 0) is 34.7 Å². The molecule has 0 unspecified atom stereocenters. The molecule has 4 heterocycles. The number of hydrogen-bond acceptors (Lipinski definition) is 9. The lowest BCUT2D eigenvalue weighted by Gasteiger charge is -2.00. The molecule has 0 spiro atoms. The second kappa shape index (κ2) is 6.08. The molecule has 0 N–H and O–H groups in total. The molecule has 4 aromatic rings. The van der Waals surface area contributed by atoms with Gasteiger partial charge in [0.1, 0.15) is 12.3 Å². The van der Waals surface area contributed by atoms with Crippen LogP contribution >= 0.6 is 11.8 Å². The van der Waals surface area contributed by atoms with Gasteiger partial charge in [0.05, 0.1) is 18.3 Å². The van der Waals surface area contributed by atoms with Gasteiger partial charge in [0.2, 0.25) is 16.9 Å². The van der Waals surface area contributed by atoms with Crippen LogP contribution in [0.2, 0.25) is 0 Å². The Hall–Kier alpha value is -2.88. The first-order valence-electron chi connectivity index (χ1n) is 6.66. The van der Waals surface area contributed by atoms with Crippen LogP contribution in [0.5, 0.6) is 0 Å². The van der Waals surface area contributed by atoms with Crippen molar-refractivity contribution >= 4 is 11.8 Å². The fraction of sp³-hybridized carbons (Fsp3) is 0.154. The van der Waals surface area contributed by atoms with E-state index in [-0.39, 0.29) is 0 Å². The molecule has 9 nitrogen and oxygen atoms in total. The monoisotopic (exact) mass is 330 g/mol. The van der Waals surface area contributed by atoms with E-state index in [1.54, 1.807) is 29.3 Å². The van der Waals surface area contributed by atoms with Crippen LogP contribution in [0.25, 0.3) is 11.6 Å². The van der Waals surface area contributed by atoms with Crippen LogP contribution < -0.4 is 0 Å². The Balaban J connectivity index is 1.43. The molecule has 0 fully saturated rings. The molecule has 0 atom stereocenters. The van der Waals surface area contributed by atoms with Gasteiger partial charge < -0.3 is 13.4 Å². The van der Waals surface area contributed by atoms with E-state index in [2.05, 4.69) is 25.7 Å². The molecule has 0 saturated carbocycles. The molecule has 0 aliphatic heterocycles. The Labute approximate surface area is 133 Å². The SMILES string of the molecule is c1coc(Cn2nnnc2SCc2nc(-c3ccco3)no2)c1. The van der Waals surface area contributed by atoms with E-state index in [4.69, 9.17) is 13.4 Å². The van der Waals surface area contributed by atoms with Crippen molar-refractivity contribution < 1.29 is 13.4 Å². The van der Waals surface area contributed by atoms with Gasteiger partial charge in [-0.1, -0.05) is 16.9 Å². The zero-order valence-electron chi connectivity index (χ0n) is 11.7. The molecule has 0 amide bonds. The maximum absolute atomic E-state index is 5.29. The van der Waals surface area contributed by atoms with Crippen LogP contribution in [0.15, 0.2) is 55.3 Å². The number of hydrogen-bond donors (Lipinski definition) is 0. The molecule has 0 radical (unpaired) electrons. The highest BCUT2D eigenvalue weighted by Crippen LogP contribution is 2.22. The highest BCUT2D eigenvalue weighted by atomic mass is 32.2. The van der Waals surface area contributed by atoms with Crippen molar-refractivity contribution in [2.45, 2.75) is 17.5 Å². The third-order valence-corrected chi connectivity index (χ3v) is 3.86. The van der Waals surface area contributed by atoms with Crippen LogP contribution in [0.1, 0.15) is 11.7 Å². The second-order valence-electron chi connectivity index (χ2n) is 4.48. The summed E-state index contributed by atoms with van der Waals surface area (Å²) in [5.74, 6) is 2.67. The summed E-state index contributed by atoms with van der Waals surface area (Å²) in [6.45, 7) is 0.462. The van der Waals surface area contributed by atoms with Gasteiger partial charge in [-0.25, -0.2) is 4.68 Å². The van der Waals surface area contributed by atoms with Crippen LogP contribution in [0.3, 0.4) is 0 Å². The van der Waals surface area contributed by atoms with E-state index in [1.807, 2.05) is 12.1 Å². The van der Waals surface area contributed by atoms with Crippen LogP contribution in [-0.2, 0) is 12.3 Å². The molecule has 10 heteroatoms. The topological polar surface area (TPSA) is 109 Å². The molecule has 0 aliphatic carbocycles. The van der Waals surface area contributed by atoms with Gasteiger partial charge in [-0.2, -0.15) is 4.98 Å². The summed E-state index contributed by atoms with van der Waals surface area (Å²) in [5.41, 5.74) is 0. The molecular formula is C13H10N6O3S. The zero-order valence-corrected chi connectivity index (χ0v) is 12.5. The van der Waals surface area contributed by atoms with Gasteiger partial charge in [0, 0.05) is 0 Å². The van der Waals surface area contributed by atoms with Crippen LogP contribution in [0.4, 0.5) is 0 Å². The van der Waals surface area contributed by atoms with E-state index in [0.717, 1.165) is 5.76 Å². The first-order valence-corrected chi connectivity index (χ1v) is 7.65. The number of nitrogens with zero attached hydrogens (tertiary/aromatic N) is 6. The molecule has 0 saturated heterocycles. The summed E-state index contributed by atoms with van der Waals surface area (Å²) in [6, 6.07) is 7.22. The normalized spacial score (nSPS) is 11.1. The van der Waals surface area contributed by atoms with E-state index in [0.29, 0.717) is 34.9 Å². The first-order chi connectivity index (χ1) is 11.4. The Morgan fingerprint density at radius 3 is 2.87 bits per heavy atom. The molecular weight excluding hydrogens is 320 g/mol. The molecule has 0 aliphatic rings. The van der Waals surface area contributed by atoms with E-state index >= 15 is 0 Å². The summed E-state index contributed by atoms with van der Waals surface area (Å²) in [6.07, 6.45) is 3.17. The molecule has 0 aromatic carbocycles. The minimum absolute atomic E-state index is 0.417. The lowest BCUT2D eigenvalue weighted by atomic mass is 10.4. The Kier molecular flexibility index (Phi) is 3.64. The lowest BCUT2D eigenvalue weighted by Crippen LogP contribution is -2.03. The quantitative estimate of drug-likeness (QED) is 0.491. The predicted octanol–water partition coefficient (Wildman–Crippen LogP) is 2.25. The van der Waals surface area contributed by atoms with Gasteiger partial charge in [-0.15, -0.1) is 5.10 Å². The standard InChI is InChI=1S/C13H10N6O3S/c1-3-9(20-5-1)7-19-13(15-17-18-19)23-8-11-14-12(16-22-11)10-4-2-6-21-10/h1-6H,7-8H2. The third-order valence-electron chi connectivity index (χ3n) is 2.92. The first kappa shape index (κ1) is 13.8.